The van der Waals surface area contributed by atoms with Crippen molar-refractivity contribution >= 4 is 0 Å². The van der Waals surface area contributed by atoms with Crippen LogP contribution in [0.3, 0.4) is 0 Å². The Morgan fingerprint density at radius 1 is 1.14 bits per heavy atom. The molecule has 0 spiro atoms. The Kier molecular flexibility index (Phi) is 2.14. The molecule has 0 atom stereocenters. The van der Waals surface area contributed by atoms with E-state index in [4.69, 9.17) is 5.11 Å². The molecule has 3 heteroatoms. The molecule has 1 heterocycles. The van der Waals surface area contributed by atoms with Crippen molar-refractivity contribution in [2.24, 2.45) is 0 Å². The maximum absolute atomic E-state index is 9.03. The summed E-state index contributed by atoms with van der Waals surface area (Å²) in [5.74, 6) is 0.716. The van der Waals surface area contributed by atoms with Crippen LogP contribution in [0.15, 0.2) is 36.7 Å². The zero-order chi connectivity index (χ0) is 9.97. The van der Waals surface area contributed by atoms with E-state index in [2.05, 4.69) is 9.97 Å². The van der Waals surface area contributed by atoms with Crippen LogP contribution in [-0.4, -0.2) is 15.1 Å². The summed E-state index contributed by atoms with van der Waals surface area (Å²) in [6, 6.07) is 7.93. The zero-order valence-electron chi connectivity index (χ0n) is 7.81. The number of aromatic hydroxyl groups is 1. The average molecular weight is 186 g/mol. The molecular weight excluding hydrogens is 176 g/mol. The second kappa shape index (κ2) is 3.46. The Morgan fingerprint density at radius 2 is 1.86 bits per heavy atom. The molecule has 70 valence electrons. The van der Waals surface area contributed by atoms with Crippen molar-refractivity contribution in [3.63, 3.8) is 0 Å². The minimum Gasteiger partial charge on any atom is -0.505 e. The number of aromatic nitrogens is 2. The topological polar surface area (TPSA) is 46.0 Å². The third kappa shape index (κ3) is 1.71. The van der Waals surface area contributed by atoms with Gasteiger partial charge in [-0.25, -0.2) is 9.97 Å². The standard InChI is InChI=1S/C11H10N2O/c1-8-3-2-4-9(5-8)11-12-6-10(14)7-13-11/h2-7,14H,1H3. The fraction of sp³-hybridized carbons (Fsp3) is 0.0909. The Morgan fingerprint density at radius 3 is 2.50 bits per heavy atom. The van der Waals surface area contributed by atoms with Crippen LogP contribution < -0.4 is 0 Å². The largest absolute Gasteiger partial charge is 0.505 e. The first-order valence-corrected chi connectivity index (χ1v) is 4.34. The van der Waals surface area contributed by atoms with Crippen LogP contribution in [0.1, 0.15) is 5.56 Å². The highest BCUT2D eigenvalue weighted by Crippen LogP contribution is 2.16. The minimum atomic E-state index is 0.0846. The summed E-state index contributed by atoms with van der Waals surface area (Å²) < 4.78 is 0. The Hall–Kier alpha value is -1.90. The maximum Gasteiger partial charge on any atom is 0.159 e. The van der Waals surface area contributed by atoms with Crippen molar-refractivity contribution < 1.29 is 5.11 Å². The lowest BCUT2D eigenvalue weighted by atomic mass is 10.1. The first-order chi connectivity index (χ1) is 6.75. The summed E-state index contributed by atoms with van der Waals surface area (Å²) in [4.78, 5) is 8.06. The van der Waals surface area contributed by atoms with Gasteiger partial charge in [-0.15, -0.1) is 0 Å². The first-order valence-electron chi connectivity index (χ1n) is 4.34. The molecule has 3 nitrogen and oxygen atoms in total. The molecule has 1 aromatic carbocycles. The normalized spacial score (nSPS) is 10.1. The van der Waals surface area contributed by atoms with Crippen LogP contribution in [0, 0.1) is 6.92 Å². The molecule has 0 aliphatic rings. The van der Waals surface area contributed by atoms with E-state index in [0.717, 1.165) is 5.56 Å². The van der Waals surface area contributed by atoms with Crippen LogP contribution in [-0.2, 0) is 0 Å². The fourth-order valence-corrected chi connectivity index (χ4v) is 1.25. The molecule has 2 aromatic rings. The van der Waals surface area contributed by atoms with Crippen molar-refractivity contribution in [2.75, 3.05) is 0 Å². The van der Waals surface area contributed by atoms with Gasteiger partial charge in [0.25, 0.3) is 0 Å². The minimum absolute atomic E-state index is 0.0846. The van der Waals surface area contributed by atoms with Crippen LogP contribution in [0.25, 0.3) is 11.4 Å². The van der Waals surface area contributed by atoms with E-state index in [1.54, 1.807) is 0 Å². The monoisotopic (exact) mass is 186 g/mol. The van der Waals surface area contributed by atoms with Gasteiger partial charge in [0.1, 0.15) is 0 Å². The van der Waals surface area contributed by atoms with Gasteiger partial charge in [0.2, 0.25) is 0 Å². The van der Waals surface area contributed by atoms with E-state index in [0.29, 0.717) is 5.82 Å². The third-order valence-corrected chi connectivity index (χ3v) is 1.91. The molecule has 0 radical (unpaired) electrons. The van der Waals surface area contributed by atoms with Crippen LogP contribution >= 0.6 is 0 Å². The number of hydrogen-bond donors (Lipinski definition) is 1. The molecule has 2 rings (SSSR count). The second-order valence-corrected chi connectivity index (χ2v) is 3.13. The van der Waals surface area contributed by atoms with E-state index < -0.39 is 0 Å². The summed E-state index contributed by atoms with van der Waals surface area (Å²) >= 11 is 0. The van der Waals surface area contributed by atoms with Gasteiger partial charge in [0, 0.05) is 5.56 Å². The predicted molar refractivity (Wildman–Crippen MR) is 53.9 cm³/mol. The SMILES string of the molecule is Cc1cccc(-c2ncc(O)cn2)c1. The number of benzene rings is 1. The fourth-order valence-electron chi connectivity index (χ4n) is 1.25. The molecule has 0 saturated carbocycles. The zero-order valence-corrected chi connectivity index (χ0v) is 7.81. The number of rotatable bonds is 1. The lowest BCUT2D eigenvalue weighted by molar-refractivity contribution is 0.470. The van der Waals surface area contributed by atoms with E-state index in [9.17, 15) is 0 Å². The summed E-state index contributed by atoms with van der Waals surface area (Å²) in [6.07, 6.45) is 2.79. The number of hydrogen-bond acceptors (Lipinski definition) is 3. The molecule has 0 aliphatic heterocycles. The van der Waals surface area contributed by atoms with Crippen molar-refractivity contribution in [1.82, 2.24) is 9.97 Å². The molecule has 0 aliphatic carbocycles. The highest BCUT2D eigenvalue weighted by Gasteiger charge is 2.00. The Balaban J connectivity index is 2.44. The van der Waals surface area contributed by atoms with Crippen LogP contribution in [0.4, 0.5) is 0 Å². The van der Waals surface area contributed by atoms with Gasteiger partial charge in [0.05, 0.1) is 12.4 Å². The van der Waals surface area contributed by atoms with Gasteiger partial charge in [-0.05, 0) is 13.0 Å². The highest BCUT2D eigenvalue weighted by molar-refractivity contribution is 5.55. The smallest absolute Gasteiger partial charge is 0.159 e. The Labute approximate surface area is 82.1 Å². The summed E-state index contributed by atoms with van der Waals surface area (Å²) in [7, 11) is 0. The van der Waals surface area contributed by atoms with Gasteiger partial charge in [0.15, 0.2) is 11.6 Å². The van der Waals surface area contributed by atoms with Crippen molar-refractivity contribution in [3.8, 4) is 17.1 Å². The van der Waals surface area contributed by atoms with Gasteiger partial charge < -0.3 is 5.11 Å². The molecule has 0 amide bonds. The first kappa shape index (κ1) is 8.69. The van der Waals surface area contributed by atoms with Gasteiger partial charge in [-0.3, -0.25) is 0 Å². The van der Waals surface area contributed by atoms with Crippen molar-refractivity contribution in [2.45, 2.75) is 6.92 Å². The van der Waals surface area contributed by atoms with E-state index in [1.807, 2.05) is 31.2 Å². The van der Waals surface area contributed by atoms with Gasteiger partial charge in [-0.1, -0.05) is 23.8 Å². The number of nitrogens with zero attached hydrogens (tertiary/aromatic N) is 2. The summed E-state index contributed by atoms with van der Waals surface area (Å²) in [6.45, 7) is 2.02. The lowest BCUT2D eigenvalue weighted by Gasteiger charge is -2.00. The summed E-state index contributed by atoms with van der Waals surface area (Å²) in [5, 5.41) is 9.03. The van der Waals surface area contributed by atoms with Crippen molar-refractivity contribution in [3.05, 3.63) is 42.2 Å². The van der Waals surface area contributed by atoms with E-state index in [1.165, 1.54) is 18.0 Å². The molecule has 0 saturated heterocycles. The van der Waals surface area contributed by atoms with Gasteiger partial charge >= 0.3 is 0 Å². The molecule has 0 bridgehead atoms. The highest BCUT2D eigenvalue weighted by atomic mass is 16.3. The Bertz CT molecular complexity index is 437. The number of aryl methyl sites for hydroxylation is 1. The summed E-state index contributed by atoms with van der Waals surface area (Å²) in [5.41, 5.74) is 2.13. The van der Waals surface area contributed by atoms with Crippen LogP contribution in [0.2, 0.25) is 0 Å². The predicted octanol–water partition coefficient (Wildman–Crippen LogP) is 2.16. The average Bonchev–Trinajstić information content (AvgIpc) is 2.19. The molecule has 0 fully saturated rings. The molecule has 1 aromatic heterocycles. The van der Waals surface area contributed by atoms with E-state index >= 15 is 0 Å². The van der Waals surface area contributed by atoms with Crippen LogP contribution in [0.5, 0.6) is 5.75 Å². The second-order valence-electron chi connectivity index (χ2n) is 3.13. The maximum atomic E-state index is 9.03. The van der Waals surface area contributed by atoms with Crippen molar-refractivity contribution in [1.29, 1.82) is 0 Å². The molecular formula is C11H10N2O. The lowest BCUT2D eigenvalue weighted by Crippen LogP contribution is -1.87. The molecule has 14 heavy (non-hydrogen) atoms. The molecule has 0 unspecified atom stereocenters. The quantitative estimate of drug-likeness (QED) is 0.742. The van der Waals surface area contributed by atoms with E-state index in [-0.39, 0.29) is 5.75 Å². The van der Waals surface area contributed by atoms with Gasteiger partial charge in [-0.2, -0.15) is 0 Å². The third-order valence-electron chi connectivity index (χ3n) is 1.91. The molecule has 1 N–H and O–H groups in total.